The topological polar surface area (TPSA) is 21.7 Å². The van der Waals surface area contributed by atoms with Crippen molar-refractivity contribution < 1.29 is 9.47 Å². The predicted molar refractivity (Wildman–Crippen MR) is 133 cm³/mol. The highest BCUT2D eigenvalue weighted by Crippen LogP contribution is 2.23. The molecule has 0 saturated carbocycles. The lowest BCUT2D eigenvalue weighted by Gasteiger charge is -2.24. The van der Waals surface area contributed by atoms with Crippen LogP contribution in [0, 0.1) is 5.92 Å². The first-order valence-electron chi connectivity index (χ1n) is 13.3. The Labute approximate surface area is 190 Å². The maximum Gasteiger partial charge on any atom is 0.0462 e. The van der Waals surface area contributed by atoms with Gasteiger partial charge in [0.2, 0.25) is 0 Å². The summed E-state index contributed by atoms with van der Waals surface area (Å²) in [7, 11) is 5.90. The molecule has 3 nitrogen and oxygen atoms in total. The molecule has 0 atom stereocenters. The molecule has 0 bridgehead atoms. The summed E-state index contributed by atoms with van der Waals surface area (Å²) < 4.78 is 10.3. The van der Waals surface area contributed by atoms with Gasteiger partial charge in [-0.2, -0.15) is 0 Å². The normalized spacial score (nSPS) is 12.0. The molecule has 0 amide bonds. The number of rotatable bonds is 24. The molecule has 0 unspecified atom stereocenters. The molecule has 0 aromatic heterocycles. The third kappa shape index (κ3) is 21.1. The van der Waals surface area contributed by atoms with Gasteiger partial charge < -0.3 is 14.4 Å². The van der Waals surface area contributed by atoms with E-state index in [2.05, 4.69) is 25.8 Å². The first kappa shape index (κ1) is 29.9. The molecule has 0 saturated heterocycles. The molecule has 0 N–H and O–H groups in total. The highest BCUT2D eigenvalue weighted by molar-refractivity contribution is 4.65. The van der Waals surface area contributed by atoms with Gasteiger partial charge in [-0.05, 0) is 52.6 Å². The second-order valence-electron chi connectivity index (χ2n) is 9.74. The summed E-state index contributed by atoms with van der Waals surface area (Å²) in [5.74, 6) is 0.939. The number of methoxy groups -OCH3 is 2. The van der Waals surface area contributed by atoms with E-state index in [0.29, 0.717) is 6.04 Å². The van der Waals surface area contributed by atoms with Gasteiger partial charge in [0.25, 0.3) is 0 Å². The van der Waals surface area contributed by atoms with Crippen molar-refractivity contribution in [3.8, 4) is 0 Å². The van der Waals surface area contributed by atoms with E-state index in [1.54, 1.807) is 14.2 Å². The lowest BCUT2D eigenvalue weighted by atomic mass is 9.91. The van der Waals surface area contributed by atoms with Crippen LogP contribution in [-0.4, -0.2) is 52.0 Å². The lowest BCUT2D eigenvalue weighted by Crippen LogP contribution is -2.28. The Hall–Kier alpha value is -0.120. The average Bonchev–Trinajstić information content (AvgIpc) is 2.74. The highest BCUT2D eigenvalue weighted by Gasteiger charge is 2.11. The molecule has 3 heteroatoms. The van der Waals surface area contributed by atoms with Gasteiger partial charge in [-0.15, -0.1) is 0 Å². The smallest absolute Gasteiger partial charge is 0.0462 e. The van der Waals surface area contributed by atoms with Crippen molar-refractivity contribution in [2.75, 3.05) is 41.0 Å². The van der Waals surface area contributed by atoms with Gasteiger partial charge in [0, 0.05) is 33.5 Å². The number of hydrogen-bond donors (Lipinski definition) is 0. The van der Waals surface area contributed by atoms with Crippen molar-refractivity contribution in [2.45, 2.75) is 129 Å². The first-order valence-corrected chi connectivity index (χ1v) is 13.3. The second-order valence-corrected chi connectivity index (χ2v) is 9.74. The van der Waals surface area contributed by atoms with Gasteiger partial charge >= 0.3 is 0 Å². The standard InChI is InChI=1S/C27H57NO2/c1-26(2)28(3)23-22-27(20-16-12-8-6-10-14-18-24-29-4)21-17-13-9-7-11-15-19-25-30-5/h26-27H,6-25H2,1-5H3. The zero-order valence-electron chi connectivity index (χ0n) is 21.6. The Morgan fingerprint density at radius 2 is 0.900 bits per heavy atom. The Kier molecular flexibility index (Phi) is 23.4. The molecule has 0 rings (SSSR count). The maximum absolute atomic E-state index is 5.13. The maximum atomic E-state index is 5.13. The van der Waals surface area contributed by atoms with Gasteiger partial charge in [-0.1, -0.05) is 89.9 Å². The monoisotopic (exact) mass is 427 g/mol. The highest BCUT2D eigenvalue weighted by atomic mass is 16.5. The summed E-state index contributed by atoms with van der Waals surface area (Å²) in [6.45, 7) is 7.75. The van der Waals surface area contributed by atoms with Crippen LogP contribution in [0.1, 0.15) is 123 Å². The van der Waals surface area contributed by atoms with Gasteiger partial charge in [0.1, 0.15) is 0 Å². The van der Waals surface area contributed by atoms with Crippen LogP contribution >= 0.6 is 0 Å². The van der Waals surface area contributed by atoms with Crippen LogP contribution in [0.25, 0.3) is 0 Å². The van der Waals surface area contributed by atoms with Crippen LogP contribution in [-0.2, 0) is 9.47 Å². The Bertz CT molecular complexity index is 300. The van der Waals surface area contributed by atoms with E-state index in [4.69, 9.17) is 9.47 Å². The van der Waals surface area contributed by atoms with E-state index in [1.807, 2.05) is 0 Å². The van der Waals surface area contributed by atoms with E-state index in [1.165, 1.54) is 116 Å². The van der Waals surface area contributed by atoms with Crippen LogP contribution in [0.15, 0.2) is 0 Å². The average molecular weight is 428 g/mol. The molecule has 0 spiro atoms. The minimum atomic E-state index is 0.668. The Morgan fingerprint density at radius 3 is 1.27 bits per heavy atom. The van der Waals surface area contributed by atoms with Gasteiger partial charge in [0.15, 0.2) is 0 Å². The summed E-state index contributed by atoms with van der Waals surface area (Å²) >= 11 is 0. The van der Waals surface area contributed by atoms with Crippen LogP contribution in [0.4, 0.5) is 0 Å². The van der Waals surface area contributed by atoms with Gasteiger partial charge in [0.05, 0.1) is 0 Å². The predicted octanol–water partition coefficient (Wildman–Crippen LogP) is 7.87. The number of nitrogens with zero attached hydrogens (tertiary/aromatic N) is 1. The van der Waals surface area contributed by atoms with E-state index >= 15 is 0 Å². The fraction of sp³-hybridized carbons (Fsp3) is 1.00. The molecule has 0 aliphatic rings. The molecule has 0 aromatic carbocycles. The summed E-state index contributed by atoms with van der Waals surface area (Å²) in [6, 6.07) is 0.668. The van der Waals surface area contributed by atoms with Crippen LogP contribution in [0.2, 0.25) is 0 Å². The van der Waals surface area contributed by atoms with Crippen molar-refractivity contribution in [3.63, 3.8) is 0 Å². The Balaban J connectivity index is 3.86. The summed E-state index contributed by atoms with van der Waals surface area (Å²) in [5, 5.41) is 0. The number of hydrogen-bond acceptors (Lipinski definition) is 3. The van der Waals surface area contributed by atoms with Gasteiger partial charge in [-0.3, -0.25) is 0 Å². The van der Waals surface area contributed by atoms with Crippen LogP contribution in [0.5, 0.6) is 0 Å². The second kappa shape index (κ2) is 23.5. The molecular weight excluding hydrogens is 370 g/mol. The molecule has 0 aliphatic carbocycles. The molecule has 0 aliphatic heterocycles. The van der Waals surface area contributed by atoms with Crippen LogP contribution < -0.4 is 0 Å². The summed E-state index contributed by atoms with van der Waals surface area (Å²) in [5.41, 5.74) is 0. The molecule has 182 valence electrons. The minimum absolute atomic E-state index is 0.668. The largest absolute Gasteiger partial charge is 0.385 e. The quantitative estimate of drug-likeness (QED) is 0.146. The van der Waals surface area contributed by atoms with Crippen molar-refractivity contribution in [1.82, 2.24) is 4.90 Å². The third-order valence-corrected chi connectivity index (χ3v) is 6.69. The number of unbranched alkanes of at least 4 members (excludes halogenated alkanes) is 12. The first-order chi connectivity index (χ1) is 14.6. The van der Waals surface area contributed by atoms with E-state index in [9.17, 15) is 0 Å². The summed E-state index contributed by atoms with van der Waals surface area (Å²) in [6.07, 6.45) is 23.6. The fourth-order valence-electron chi connectivity index (χ4n) is 4.20. The summed E-state index contributed by atoms with van der Waals surface area (Å²) in [4.78, 5) is 2.52. The van der Waals surface area contributed by atoms with Gasteiger partial charge in [-0.25, -0.2) is 0 Å². The molecule has 0 aromatic rings. The SMILES string of the molecule is COCCCCCCCCCC(CCCCCCCCCOC)CCN(C)C(C)C. The molecular formula is C27H57NO2. The van der Waals surface area contributed by atoms with E-state index in [-0.39, 0.29) is 0 Å². The fourth-order valence-corrected chi connectivity index (χ4v) is 4.20. The zero-order chi connectivity index (χ0) is 22.3. The van der Waals surface area contributed by atoms with Crippen molar-refractivity contribution >= 4 is 0 Å². The Morgan fingerprint density at radius 1 is 0.533 bits per heavy atom. The molecule has 0 radical (unpaired) electrons. The van der Waals surface area contributed by atoms with Crippen molar-refractivity contribution in [1.29, 1.82) is 0 Å². The van der Waals surface area contributed by atoms with E-state index < -0.39 is 0 Å². The molecule has 0 fully saturated rings. The van der Waals surface area contributed by atoms with E-state index in [0.717, 1.165) is 19.1 Å². The minimum Gasteiger partial charge on any atom is -0.385 e. The molecule has 30 heavy (non-hydrogen) atoms. The van der Waals surface area contributed by atoms with Crippen molar-refractivity contribution in [2.24, 2.45) is 5.92 Å². The molecule has 0 heterocycles. The van der Waals surface area contributed by atoms with Crippen LogP contribution in [0.3, 0.4) is 0 Å². The lowest BCUT2D eigenvalue weighted by molar-refractivity contribution is 0.192. The van der Waals surface area contributed by atoms with Crippen molar-refractivity contribution in [3.05, 3.63) is 0 Å². The number of ether oxygens (including phenoxy) is 2. The third-order valence-electron chi connectivity index (χ3n) is 6.69. The zero-order valence-corrected chi connectivity index (χ0v) is 21.6.